The van der Waals surface area contributed by atoms with Gasteiger partial charge < -0.3 is 16.4 Å². The van der Waals surface area contributed by atoms with Crippen molar-refractivity contribution >= 4 is 23.0 Å². The van der Waals surface area contributed by atoms with E-state index in [1.807, 2.05) is 19.1 Å². The molecule has 0 aliphatic carbocycles. The molecule has 4 N–H and O–H groups in total. The number of hydrogen-bond acceptors (Lipinski definition) is 4. The van der Waals surface area contributed by atoms with Crippen molar-refractivity contribution in [3.8, 4) is 6.07 Å². The molecule has 0 saturated carbocycles. The summed E-state index contributed by atoms with van der Waals surface area (Å²) in [5, 5.41) is 14.5. The van der Waals surface area contributed by atoms with Gasteiger partial charge in [0.1, 0.15) is 17.5 Å². The summed E-state index contributed by atoms with van der Waals surface area (Å²) in [5.74, 6) is -1.01. The number of rotatable bonds is 4. The summed E-state index contributed by atoms with van der Waals surface area (Å²) in [6.45, 7) is 1.90. The molecule has 116 valence electrons. The Hall–Kier alpha value is -3.33. The second-order valence-corrected chi connectivity index (χ2v) is 4.87. The summed E-state index contributed by atoms with van der Waals surface area (Å²) >= 11 is 0. The first-order valence-electron chi connectivity index (χ1n) is 6.79. The van der Waals surface area contributed by atoms with Gasteiger partial charge in [0.25, 0.3) is 5.91 Å². The van der Waals surface area contributed by atoms with Crippen LogP contribution in [0.15, 0.2) is 54.2 Å². The summed E-state index contributed by atoms with van der Waals surface area (Å²) in [5.41, 5.74) is 8.18. The summed E-state index contributed by atoms with van der Waals surface area (Å²) < 4.78 is 12.8. The number of hydrogen-bond donors (Lipinski definition) is 3. The van der Waals surface area contributed by atoms with Crippen LogP contribution in [0.4, 0.5) is 21.5 Å². The Morgan fingerprint density at radius 3 is 2.61 bits per heavy atom. The highest BCUT2D eigenvalue weighted by molar-refractivity contribution is 6.06. The number of nitriles is 1. The normalized spacial score (nSPS) is 10.7. The maximum atomic E-state index is 12.8. The highest BCUT2D eigenvalue weighted by atomic mass is 19.1. The molecule has 0 bridgehead atoms. The zero-order valence-corrected chi connectivity index (χ0v) is 12.4. The first-order valence-corrected chi connectivity index (χ1v) is 6.79. The van der Waals surface area contributed by atoms with Crippen LogP contribution >= 0.6 is 0 Å². The van der Waals surface area contributed by atoms with E-state index in [0.717, 1.165) is 5.56 Å². The predicted molar refractivity (Wildman–Crippen MR) is 87.9 cm³/mol. The fourth-order valence-electron chi connectivity index (χ4n) is 1.83. The molecule has 0 heterocycles. The molecular formula is C17H15FN4O. The second kappa shape index (κ2) is 7.09. The number of nitrogens with zero attached hydrogens (tertiary/aromatic N) is 1. The van der Waals surface area contributed by atoms with Crippen LogP contribution in [-0.2, 0) is 4.79 Å². The average molecular weight is 310 g/mol. The van der Waals surface area contributed by atoms with Gasteiger partial charge in [-0.2, -0.15) is 5.26 Å². The number of nitrogens with two attached hydrogens (primary N) is 1. The molecule has 2 rings (SSSR count). The van der Waals surface area contributed by atoms with Crippen LogP contribution in [0.2, 0.25) is 0 Å². The minimum Gasteiger partial charge on any atom is -0.397 e. The lowest BCUT2D eigenvalue weighted by Crippen LogP contribution is -2.14. The van der Waals surface area contributed by atoms with Gasteiger partial charge in [-0.3, -0.25) is 4.79 Å². The minimum absolute atomic E-state index is 0.129. The topological polar surface area (TPSA) is 90.9 Å². The Balaban J connectivity index is 2.12. The maximum Gasteiger partial charge on any atom is 0.267 e. The molecule has 5 nitrogen and oxygen atoms in total. The predicted octanol–water partition coefficient (Wildman–Crippen LogP) is 3.17. The van der Waals surface area contributed by atoms with Crippen molar-refractivity contribution in [1.82, 2.24) is 0 Å². The molecule has 0 atom stereocenters. The lowest BCUT2D eigenvalue weighted by Gasteiger charge is -2.08. The van der Waals surface area contributed by atoms with Crippen LogP contribution in [0.25, 0.3) is 0 Å². The van der Waals surface area contributed by atoms with Crippen molar-refractivity contribution in [3.05, 3.63) is 65.6 Å². The first-order chi connectivity index (χ1) is 11.0. The van der Waals surface area contributed by atoms with Gasteiger partial charge in [-0.15, -0.1) is 0 Å². The van der Waals surface area contributed by atoms with Crippen LogP contribution in [-0.4, -0.2) is 5.91 Å². The van der Waals surface area contributed by atoms with Crippen molar-refractivity contribution < 1.29 is 9.18 Å². The summed E-state index contributed by atoms with van der Waals surface area (Å²) in [6, 6.07) is 12.5. The van der Waals surface area contributed by atoms with Crippen LogP contribution in [0, 0.1) is 24.1 Å². The number of aryl methyl sites for hydroxylation is 1. The third-order valence-electron chi connectivity index (χ3n) is 3.05. The van der Waals surface area contributed by atoms with Gasteiger partial charge in [0.05, 0.1) is 11.4 Å². The molecule has 1 amide bonds. The van der Waals surface area contributed by atoms with Crippen LogP contribution in [0.1, 0.15) is 5.56 Å². The third-order valence-corrected chi connectivity index (χ3v) is 3.05. The Labute approximate surface area is 133 Å². The van der Waals surface area contributed by atoms with Gasteiger partial charge >= 0.3 is 0 Å². The van der Waals surface area contributed by atoms with E-state index in [9.17, 15) is 9.18 Å². The van der Waals surface area contributed by atoms with Crippen LogP contribution < -0.4 is 16.4 Å². The number of nitrogen functional groups attached to an aromatic ring is 1. The smallest absolute Gasteiger partial charge is 0.267 e. The highest BCUT2D eigenvalue weighted by Gasteiger charge is 2.09. The van der Waals surface area contributed by atoms with Gasteiger partial charge in [-0.1, -0.05) is 6.07 Å². The van der Waals surface area contributed by atoms with E-state index in [-0.39, 0.29) is 5.57 Å². The molecular weight excluding hydrogens is 295 g/mol. The highest BCUT2D eigenvalue weighted by Crippen LogP contribution is 2.20. The van der Waals surface area contributed by atoms with Crippen molar-refractivity contribution in [2.75, 3.05) is 16.4 Å². The molecule has 0 aliphatic rings. The Morgan fingerprint density at radius 2 is 1.96 bits per heavy atom. The maximum absolute atomic E-state index is 12.8. The molecule has 0 aliphatic heterocycles. The van der Waals surface area contributed by atoms with E-state index in [1.54, 1.807) is 12.1 Å². The van der Waals surface area contributed by atoms with Crippen molar-refractivity contribution in [2.24, 2.45) is 0 Å². The molecule has 2 aromatic rings. The van der Waals surface area contributed by atoms with E-state index in [2.05, 4.69) is 10.6 Å². The van der Waals surface area contributed by atoms with Crippen molar-refractivity contribution in [3.63, 3.8) is 0 Å². The number of nitrogens with one attached hydrogen (secondary N) is 2. The fraction of sp³-hybridized carbons (Fsp3) is 0.0588. The number of carbonyl (C=O) groups excluding carboxylic acids is 1. The van der Waals surface area contributed by atoms with E-state index in [4.69, 9.17) is 11.0 Å². The molecule has 0 fully saturated rings. The molecule has 0 unspecified atom stereocenters. The number of anilines is 3. The van der Waals surface area contributed by atoms with Crippen molar-refractivity contribution in [2.45, 2.75) is 6.92 Å². The molecule has 0 aromatic heterocycles. The SMILES string of the molecule is Cc1ccc(N)c(N/C=C(/C#N)C(=O)Nc2ccc(F)cc2)c1. The van der Waals surface area contributed by atoms with Gasteiger partial charge in [0, 0.05) is 11.9 Å². The lowest BCUT2D eigenvalue weighted by atomic mass is 10.2. The molecule has 6 heteroatoms. The molecule has 2 aromatic carbocycles. The minimum atomic E-state index is -0.599. The largest absolute Gasteiger partial charge is 0.397 e. The van der Waals surface area contributed by atoms with Gasteiger partial charge in [-0.05, 0) is 48.9 Å². The van der Waals surface area contributed by atoms with Crippen molar-refractivity contribution in [1.29, 1.82) is 5.26 Å². The van der Waals surface area contributed by atoms with E-state index in [0.29, 0.717) is 17.1 Å². The summed E-state index contributed by atoms with van der Waals surface area (Å²) in [7, 11) is 0. The summed E-state index contributed by atoms with van der Waals surface area (Å²) in [4.78, 5) is 12.0. The van der Waals surface area contributed by atoms with E-state index >= 15 is 0 Å². The number of halogens is 1. The standard InChI is InChI=1S/C17H15FN4O/c1-11-2-7-15(20)16(8-11)21-10-12(9-19)17(23)22-14-5-3-13(18)4-6-14/h2-8,10,21H,20H2,1H3,(H,22,23)/b12-10-. The lowest BCUT2D eigenvalue weighted by molar-refractivity contribution is -0.112. The van der Waals surface area contributed by atoms with Gasteiger partial charge in [0.15, 0.2) is 0 Å². The zero-order chi connectivity index (χ0) is 16.8. The van der Waals surface area contributed by atoms with Crippen LogP contribution in [0.3, 0.4) is 0 Å². The number of amides is 1. The quantitative estimate of drug-likeness (QED) is 0.459. The molecule has 0 spiro atoms. The van der Waals surface area contributed by atoms with E-state index < -0.39 is 11.7 Å². The first kappa shape index (κ1) is 16.0. The molecule has 23 heavy (non-hydrogen) atoms. The molecule has 0 saturated heterocycles. The van der Waals surface area contributed by atoms with Gasteiger partial charge in [0.2, 0.25) is 0 Å². The third kappa shape index (κ3) is 4.32. The Kier molecular flexibility index (Phi) is 4.95. The summed E-state index contributed by atoms with van der Waals surface area (Å²) in [6.07, 6.45) is 1.28. The Bertz CT molecular complexity index is 791. The number of carbonyl (C=O) groups is 1. The van der Waals surface area contributed by atoms with Crippen LogP contribution in [0.5, 0.6) is 0 Å². The monoisotopic (exact) mass is 310 g/mol. The van der Waals surface area contributed by atoms with Gasteiger partial charge in [-0.25, -0.2) is 4.39 Å². The fourth-order valence-corrected chi connectivity index (χ4v) is 1.83. The molecule has 0 radical (unpaired) electrons. The van der Waals surface area contributed by atoms with E-state index in [1.165, 1.54) is 30.5 Å². The Morgan fingerprint density at radius 1 is 1.26 bits per heavy atom. The average Bonchev–Trinajstić information content (AvgIpc) is 2.53. The zero-order valence-electron chi connectivity index (χ0n) is 12.4. The number of benzene rings is 2. The second-order valence-electron chi connectivity index (χ2n) is 4.87.